The summed E-state index contributed by atoms with van der Waals surface area (Å²) in [4.78, 5) is 0. The van der Waals surface area contributed by atoms with Gasteiger partial charge < -0.3 is 0 Å². The molecule has 0 unspecified atom stereocenters. The van der Waals surface area contributed by atoms with Crippen LogP contribution >= 0.6 is 0 Å². The van der Waals surface area contributed by atoms with E-state index >= 15 is 0 Å². The van der Waals surface area contributed by atoms with Gasteiger partial charge in [-0.3, -0.25) is 4.48 Å². The number of benzene rings is 1. The van der Waals surface area contributed by atoms with Gasteiger partial charge in [-0.05, 0) is 19.3 Å². The number of unbranched alkanes of at least 4 members (excludes halogenated alkanes) is 3. The average molecular weight is 352 g/mol. The van der Waals surface area contributed by atoms with Gasteiger partial charge in [0.25, 0.3) is 0 Å². The fourth-order valence-corrected chi connectivity index (χ4v) is 3.06. The van der Waals surface area contributed by atoms with Crippen LogP contribution in [0.4, 0.5) is 27.6 Å². The fraction of sp³-hybridized carbons (Fsp3) is 0.667. The van der Waals surface area contributed by atoms with Crippen molar-refractivity contribution in [2.75, 3.05) is 19.6 Å². The van der Waals surface area contributed by atoms with Crippen molar-refractivity contribution in [3.63, 3.8) is 0 Å². The molecule has 1 aromatic rings. The second-order valence-electron chi connectivity index (χ2n) is 6.30. The summed E-state index contributed by atoms with van der Waals surface area (Å²) in [6, 6.07) is 0. The Morgan fingerprint density at radius 1 is 0.542 bits per heavy atom. The van der Waals surface area contributed by atoms with Crippen molar-refractivity contribution in [2.45, 2.75) is 59.3 Å². The summed E-state index contributed by atoms with van der Waals surface area (Å²) < 4.78 is 69.6. The number of nitrogens with zero attached hydrogens (tertiary/aromatic N) is 1. The second-order valence-corrected chi connectivity index (χ2v) is 6.30. The molecule has 0 bridgehead atoms. The first-order valence-electron chi connectivity index (χ1n) is 8.74. The molecule has 0 fully saturated rings. The van der Waals surface area contributed by atoms with Crippen LogP contribution in [0.25, 0.3) is 0 Å². The van der Waals surface area contributed by atoms with E-state index in [9.17, 15) is 22.0 Å². The molecule has 0 spiro atoms. The highest BCUT2D eigenvalue weighted by Gasteiger charge is 2.40. The summed E-state index contributed by atoms with van der Waals surface area (Å²) in [5.74, 6) is -9.16. The highest BCUT2D eigenvalue weighted by atomic mass is 19.2. The standard InChI is InChI=1S/C18H27F5N/c1-4-7-10-24(11-8-5-2,12-9-6-3)18-16(22)14(20)13(19)15(21)17(18)23/h4-12H2,1-3H3/q+1. The Bertz CT molecular complexity index is 494. The summed E-state index contributed by atoms with van der Waals surface area (Å²) in [6.07, 6.45) is 4.34. The van der Waals surface area contributed by atoms with Gasteiger partial charge in [-0.1, -0.05) is 40.0 Å². The van der Waals surface area contributed by atoms with Crippen molar-refractivity contribution in [3.05, 3.63) is 29.1 Å². The van der Waals surface area contributed by atoms with Crippen LogP contribution in [0.15, 0.2) is 0 Å². The molecule has 0 saturated heterocycles. The molecule has 0 amide bonds. The molecule has 0 aromatic heterocycles. The molecule has 0 aliphatic rings. The molecular weight excluding hydrogens is 325 g/mol. The van der Waals surface area contributed by atoms with Crippen molar-refractivity contribution in [2.24, 2.45) is 0 Å². The highest BCUT2D eigenvalue weighted by Crippen LogP contribution is 2.36. The molecule has 24 heavy (non-hydrogen) atoms. The molecule has 138 valence electrons. The zero-order chi connectivity index (χ0) is 18.3. The van der Waals surface area contributed by atoms with Gasteiger partial charge in [-0.25, -0.2) is 13.2 Å². The minimum atomic E-state index is -2.09. The maximum absolute atomic E-state index is 14.4. The summed E-state index contributed by atoms with van der Waals surface area (Å²) in [7, 11) is 0. The van der Waals surface area contributed by atoms with E-state index in [0.717, 1.165) is 19.3 Å². The monoisotopic (exact) mass is 352 g/mol. The van der Waals surface area contributed by atoms with E-state index < -0.39 is 34.8 Å². The topological polar surface area (TPSA) is 0 Å². The lowest BCUT2D eigenvalue weighted by Crippen LogP contribution is -2.53. The van der Waals surface area contributed by atoms with Gasteiger partial charge in [0.1, 0.15) is 0 Å². The Morgan fingerprint density at radius 2 is 0.833 bits per heavy atom. The smallest absolute Gasteiger partial charge is 0.225 e. The van der Waals surface area contributed by atoms with Crippen LogP contribution < -0.4 is 4.48 Å². The van der Waals surface area contributed by atoms with Gasteiger partial charge in [-0.15, -0.1) is 0 Å². The normalized spacial score (nSPS) is 12.0. The Balaban J connectivity index is 3.56. The van der Waals surface area contributed by atoms with Crippen LogP contribution in [-0.4, -0.2) is 19.6 Å². The maximum atomic E-state index is 14.4. The number of hydrogen-bond donors (Lipinski definition) is 0. The van der Waals surface area contributed by atoms with Crippen LogP contribution in [0.3, 0.4) is 0 Å². The average Bonchev–Trinajstić information content (AvgIpc) is 2.59. The zero-order valence-corrected chi connectivity index (χ0v) is 14.7. The number of halogens is 5. The van der Waals surface area contributed by atoms with E-state index in [1.165, 1.54) is 0 Å². The third kappa shape index (κ3) is 4.26. The quantitative estimate of drug-likeness (QED) is 0.207. The molecule has 0 N–H and O–H groups in total. The van der Waals surface area contributed by atoms with Gasteiger partial charge in [0.2, 0.25) is 34.8 Å². The molecular formula is C18H27F5N+. The Hall–Kier alpha value is -1.17. The van der Waals surface area contributed by atoms with E-state index in [4.69, 9.17) is 0 Å². The summed E-state index contributed by atoms with van der Waals surface area (Å²) in [5, 5.41) is 0. The molecule has 0 aliphatic heterocycles. The first-order valence-corrected chi connectivity index (χ1v) is 8.74. The highest BCUT2D eigenvalue weighted by molar-refractivity contribution is 5.47. The van der Waals surface area contributed by atoms with Crippen LogP contribution in [0.2, 0.25) is 0 Å². The van der Waals surface area contributed by atoms with Gasteiger partial charge in [0.05, 0.1) is 19.6 Å². The lowest BCUT2D eigenvalue weighted by Gasteiger charge is -2.39. The number of rotatable bonds is 10. The van der Waals surface area contributed by atoms with Gasteiger partial charge in [0, 0.05) is 0 Å². The lowest BCUT2D eigenvalue weighted by molar-refractivity contribution is 0.234. The summed E-state index contributed by atoms with van der Waals surface area (Å²) in [6.45, 7) is 6.92. The first kappa shape index (κ1) is 20.9. The zero-order valence-electron chi connectivity index (χ0n) is 14.7. The first-order chi connectivity index (χ1) is 11.4. The van der Waals surface area contributed by atoms with Crippen LogP contribution in [0.5, 0.6) is 0 Å². The predicted molar refractivity (Wildman–Crippen MR) is 87.4 cm³/mol. The molecule has 0 radical (unpaired) electrons. The SMILES string of the molecule is CCCC[N+](CCCC)(CCCC)c1c(F)c(F)c(F)c(F)c1F. The van der Waals surface area contributed by atoms with E-state index in [2.05, 4.69) is 0 Å². The molecule has 0 saturated carbocycles. The van der Waals surface area contributed by atoms with Crippen LogP contribution in [-0.2, 0) is 0 Å². The van der Waals surface area contributed by atoms with Crippen molar-refractivity contribution in [3.8, 4) is 0 Å². The summed E-state index contributed by atoms with van der Waals surface area (Å²) in [5.41, 5.74) is -0.665. The molecule has 0 heterocycles. The van der Waals surface area contributed by atoms with E-state index in [1.807, 2.05) is 20.8 Å². The van der Waals surface area contributed by atoms with E-state index in [1.54, 1.807) is 0 Å². The molecule has 6 heteroatoms. The largest absolute Gasteiger partial charge is 0.286 e. The van der Waals surface area contributed by atoms with Crippen molar-refractivity contribution in [1.29, 1.82) is 0 Å². The van der Waals surface area contributed by atoms with Crippen molar-refractivity contribution >= 4 is 5.69 Å². The van der Waals surface area contributed by atoms with Crippen molar-refractivity contribution in [1.82, 2.24) is 4.48 Å². The van der Waals surface area contributed by atoms with E-state index in [-0.39, 0.29) is 4.48 Å². The molecule has 1 nitrogen and oxygen atoms in total. The maximum Gasteiger partial charge on any atom is 0.225 e. The van der Waals surface area contributed by atoms with E-state index in [0.29, 0.717) is 38.9 Å². The molecule has 0 atom stereocenters. The van der Waals surface area contributed by atoms with Crippen LogP contribution in [0, 0.1) is 29.1 Å². The molecule has 1 aromatic carbocycles. The minimum absolute atomic E-state index is 0.179. The summed E-state index contributed by atoms with van der Waals surface area (Å²) >= 11 is 0. The van der Waals surface area contributed by atoms with Gasteiger partial charge >= 0.3 is 0 Å². The third-order valence-corrected chi connectivity index (χ3v) is 4.48. The van der Waals surface area contributed by atoms with Gasteiger partial charge in [0.15, 0.2) is 0 Å². The number of quaternary nitrogens is 1. The predicted octanol–water partition coefficient (Wildman–Crippen LogP) is 6.09. The lowest BCUT2D eigenvalue weighted by atomic mass is 10.1. The Kier molecular flexibility index (Phi) is 8.13. The fourth-order valence-electron chi connectivity index (χ4n) is 3.06. The number of hydrogen-bond acceptors (Lipinski definition) is 0. The van der Waals surface area contributed by atoms with Crippen LogP contribution in [0.1, 0.15) is 59.3 Å². The van der Waals surface area contributed by atoms with Crippen molar-refractivity contribution < 1.29 is 22.0 Å². The molecule has 1 rings (SSSR count). The molecule has 0 aliphatic carbocycles. The minimum Gasteiger partial charge on any atom is -0.286 e. The third-order valence-electron chi connectivity index (χ3n) is 4.48. The van der Waals surface area contributed by atoms with Gasteiger partial charge in [-0.2, -0.15) is 8.78 Å². The second kappa shape index (κ2) is 9.35. The Labute approximate surface area is 141 Å². The Morgan fingerprint density at radius 3 is 1.12 bits per heavy atom.